The van der Waals surface area contributed by atoms with Gasteiger partial charge in [0.25, 0.3) is 0 Å². The SMILES string of the molecule is CC(C)(C)[S+]([O-])NC(c1ccccc1)c1cccc(Br)n1. The van der Waals surface area contributed by atoms with E-state index in [0.29, 0.717) is 0 Å². The van der Waals surface area contributed by atoms with Crippen LogP contribution in [0.15, 0.2) is 53.1 Å². The highest BCUT2D eigenvalue weighted by molar-refractivity contribution is 9.10. The second-order valence-corrected chi connectivity index (χ2v) is 8.54. The lowest BCUT2D eigenvalue weighted by Crippen LogP contribution is -2.41. The van der Waals surface area contributed by atoms with Crippen LogP contribution in [0.1, 0.15) is 38.1 Å². The maximum absolute atomic E-state index is 12.5. The summed E-state index contributed by atoms with van der Waals surface area (Å²) in [6.45, 7) is 5.85. The standard InChI is InChI=1S/C16H19BrN2OS/c1-16(2,3)21(20)19-15(12-8-5-4-6-9-12)13-10-7-11-14(17)18-13/h4-11,15,19H,1-3H3. The summed E-state index contributed by atoms with van der Waals surface area (Å²) in [6, 6.07) is 15.5. The molecule has 0 saturated heterocycles. The lowest BCUT2D eigenvalue weighted by Gasteiger charge is -2.28. The lowest BCUT2D eigenvalue weighted by atomic mass is 10.0. The van der Waals surface area contributed by atoms with Gasteiger partial charge >= 0.3 is 0 Å². The van der Waals surface area contributed by atoms with Gasteiger partial charge in [-0.05, 0) is 54.4 Å². The largest absolute Gasteiger partial charge is 0.598 e. The fourth-order valence-electron chi connectivity index (χ4n) is 1.81. The van der Waals surface area contributed by atoms with Gasteiger partial charge in [0, 0.05) is 11.4 Å². The molecule has 0 spiro atoms. The van der Waals surface area contributed by atoms with E-state index in [1.165, 1.54) is 0 Å². The fourth-order valence-corrected chi connectivity index (χ4v) is 3.00. The summed E-state index contributed by atoms with van der Waals surface area (Å²) in [4.78, 5) is 4.50. The normalized spacial score (nSPS) is 14.7. The topological polar surface area (TPSA) is 48.0 Å². The van der Waals surface area contributed by atoms with Gasteiger partial charge < -0.3 is 4.55 Å². The number of hydrogen-bond acceptors (Lipinski definition) is 3. The van der Waals surface area contributed by atoms with Crippen LogP contribution in [-0.2, 0) is 11.4 Å². The van der Waals surface area contributed by atoms with Crippen molar-refractivity contribution in [3.63, 3.8) is 0 Å². The first-order chi connectivity index (χ1) is 9.88. The van der Waals surface area contributed by atoms with Crippen molar-refractivity contribution < 1.29 is 4.55 Å². The van der Waals surface area contributed by atoms with Crippen molar-refractivity contribution in [3.05, 3.63) is 64.4 Å². The molecule has 0 aliphatic carbocycles. The predicted molar refractivity (Wildman–Crippen MR) is 91.3 cm³/mol. The summed E-state index contributed by atoms with van der Waals surface area (Å²) < 4.78 is 16.1. The minimum Gasteiger partial charge on any atom is -0.598 e. The summed E-state index contributed by atoms with van der Waals surface area (Å²) in [7, 11) is 0. The maximum atomic E-state index is 12.5. The molecule has 1 aromatic heterocycles. The van der Waals surface area contributed by atoms with E-state index in [9.17, 15) is 4.55 Å². The molecule has 2 aromatic rings. The van der Waals surface area contributed by atoms with Crippen molar-refractivity contribution in [2.75, 3.05) is 0 Å². The van der Waals surface area contributed by atoms with Crippen LogP contribution in [0.25, 0.3) is 0 Å². The molecule has 3 nitrogen and oxygen atoms in total. The Morgan fingerprint density at radius 1 is 1.10 bits per heavy atom. The van der Waals surface area contributed by atoms with Gasteiger partial charge in [-0.3, -0.25) is 0 Å². The Bertz CT molecular complexity index is 586. The summed E-state index contributed by atoms with van der Waals surface area (Å²) >= 11 is 2.21. The van der Waals surface area contributed by atoms with Gasteiger partial charge in [0.1, 0.15) is 15.4 Å². The smallest absolute Gasteiger partial charge is 0.136 e. The van der Waals surface area contributed by atoms with E-state index < -0.39 is 11.4 Å². The van der Waals surface area contributed by atoms with Gasteiger partial charge in [-0.25, -0.2) is 4.98 Å². The van der Waals surface area contributed by atoms with Crippen molar-refractivity contribution in [2.24, 2.45) is 0 Å². The molecule has 112 valence electrons. The zero-order valence-corrected chi connectivity index (χ0v) is 14.7. The Balaban J connectivity index is 2.36. The molecule has 0 aliphatic heterocycles. The number of pyridine rings is 1. The molecule has 0 aliphatic rings. The monoisotopic (exact) mass is 366 g/mol. The number of nitrogens with zero attached hydrogens (tertiary/aromatic N) is 1. The molecular weight excluding hydrogens is 348 g/mol. The van der Waals surface area contributed by atoms with Crippen molar-refractivity contribution in [3.8, 4) is 0 Å². The first-order valence-electron chi connectivity index (χ1n) is 6.73. The summed E-state index contributed by atoms with van der Waals surface area (Å²) in [5.41, 5.74) is 1.88. The van der Waals surface area contributed by atoms with Crippen molar-refractivity contribution >= 4 is 27.3 Å². The van der Waals surface area contributed by atoms with Crippen LogP contribution in [0.4, 0.5) is 0 Å². The Morgan fingerprint density at radius 2 is 1.76 bits per heavy atom. The molecule has 2 rings (SSSR count). The third kappa shape index (κ3) is 4.54. The third-order valence-corrected chi connectivity index (χ3v) is 4.95. The van der Waals surface area contributed by atoms with Crippen LogP contribution in [-0.4, -0.2) is 14.3 Å². The minimum absolute atomic E-state index is 0.205. The second kappa shape index (κ2) is 6.92. The zero-order valence-electron chi connectivity index (χ0n) is 12.3. The fraction of sp³-hybridized carbons (Fsp3) is 0.312. The molecule has 1 aromatic carbocycles. The molecular formula is C16H19BrN2OS. The van der Waals surface area contributed by atoms with Gasteiger partial charge in [0.05, 0.1) is 5.69 Å². The van der Waals surface area contributed by atoms with E-state index in [1.807, 2.05) is 69.3 Å². The van der Waals surface area contributed by atoms with Gasteiger partial charge in [0.15, 0.2) is 0 Å². The number of rotatable bonds is 4. The molecule has 0 fully saturated rings. The van der Waals surface area contributed by atoms with E-state index in [2.05, 4.69) is 25.6 Å². The number of nitrogens with one attached hydrogen (secondary N) is 1. The number of hydrogen-bond donors (Lipinski definition) is 1. The molecule has 0 amide bonds. The predicted octanol–water partition coefficient (Wildman–Crippen LogP) is 3.99. The first-order valence-corrected chi connectivity index (χ1v) is 8.67. The lowest BCUT2D eigenvalue weighted by molar-refractivity contribution is 0.534. The van der Waals surface area contributed by atoms with Crippen molar-refractivity contribution in [1.82, 2.24) is 9.71 Å². The van der Waals surface area contributed by atoms with Crippen LogP contribution >= 0.6 is 15.9 Å². The molecule has 0 saturated carbocycles. The van der Waals surface area contributed by atoms with Crippen LogP contribution in [0.2, 0.25) is 0 Å². The summed E-state index contributed by atoms with van der Waals surface area (Å²) in [5, 5.41) is 0. The van der Waals surface area contributed by atoms with Crippen LogP contribution in [0, 0.1) is 0 Å². The van der Waals surface area contributed by atoms with Gasteiger partial charge in [-0.15, -0.1) is 4.72 Å². The van der Waals surface area contributed by atoms with Gasteiger partial charge in [-0.1, -0.05) is 36.4 Å². The molecule has 0 bridgehead atoms. The van der Waals surface area contributed by atoms with Crippen molar-refractivity contribution in [1.29, 1.82) is 0 Å². The first kappa shape index (κ1) is 16.5. The molecule has 1 N–H and O–H groups in total. The molecule has 1 heterocycles. The highest BCUT2D eigenvalue weighted by Gasteiger charge is 2.31. The molecule has 5 heteroatoms. The number of benzene rings is 1. The molecule has 0 radical (unpaired) electrons. The Morgan fingerprint density at radius 3 is 2.33 bits per heavy atom. The van der Waals surface area contributed by atoms with E-state index in [4.69, 9.17) is 0 Å². The van der Waals surface area contributed by atoms with Crippen LogP contribution in [0.3, 0.4) is 0 Å². The average Bonchev–Trinajstić information content (AvgIpc) is 2.44. The molecule has 21 heavy (non-hydrogen) atoms. The Labute approximate surface area is 137 Å². The summed E-state index contributed by atoms with van der Waals surface area (Å²) in [5.74, 6) is 0. The van der Waals surface area contributed by atoms with Crippen LogP contribution in [0.5, 0.6) is 0 Å². The maximum Gasteiger partial charge on any atom is 0.136 e. The zero-order chi connectivity index (χ0) is 15.5. The highest BCUT2D eigenvalue weighted by atomic mass is 79.9. The Kier molecular flexibility index (Phi) is 5.43. The van der Waals surface area contributed by atoms with E-state index in [1.54, 1.807) is 0 Å². The van der Waals surface area contributed by atoms with Gasteiger partial charge in [-0.2, -0.15) is 0 Å². The van der Waals surface area contributed by atoms with E-state index >= 15 is 0 Å². The molecule has 2 atom stereocenters. The number of aromatic nitrogens is 1. The minimum atomic E-state index is -1.18. The second-order valence-electron chi connectivity index (χ2n) is 5.73. The van der Waals surface area contributed by atoms with Gasteiger partial charge in [0.2, 0.25) is 0 Å². The summed E-state index contributed by atoms with van der Waals surface area (Å²) in [6.07, 6.45) is 0. The molecule has 2 unspecified atom stereocenters. The van der Waals surface area contributed by atoms with Crippen molar-refractivity contribution in [2.45, 2.75) is 31.6 Å². The Hall–Kier alpha value is -0.880. The highest BCUT2D eigenvalue weighted by Crippen LogP contribution is 2.25. The average molecular weight is 367 g/mol. The van der Waals surface area contributed by atoms with E-state index in [-0.39, 0.29) is 10.8 Å². The van der Waals surface area contributed by atoms with E-state index in [0.717, 1.165) is 15.9 Å². The quantitative estimate of drug-likeness (QED) is 0.657. The van der Waals surface area contributed by atoms with Crippen LogP contribution < -0.4 is 4.72 Å². The third-order valence-electron chi connectivity index (χ3n) is 2.95. The number of halogens is 1.